The minimum absolute atomic E-state index is 0.0116. The average molecular weight is 395 g/mol. The predicted octanol–water partition coefficient (Wildman–Crippen LogP) is 4.06. The van der Waals surface area contributed by atoms with Crippen LogP contribution < -0.4 is 5.32 Å². The van der Waals surface area contributed by atoms with E-state index in [9.17, 15) is 9.90 Å². The van der Waals surface area contributed by atoms with Crippen molar-refractivity contribution in [3.63, 3.8) is 0 Å². The maximum absolute atomic E-state index is 12.8. The fourth-order valence-electron chi connectivity index (χ4n) is 4.37. The smallest absolute Gasteiger partial charge is 0.222 e. The molecule has 7 heteroatoms. The largest absolute Gasteiger partial charge is 0.508 e. The van der Waals surface area contributed by atoms with E-state index in [-0.39, 0.29) is 29.5 Å². The summed E-state index contributed by atoms with van der Waals surface area (Å²) in [7, 11) is 0. The molecule has 1 fully saturated rings. The third-order valence-electron chi connectivity index (χ3n) is 5.59. The first-order chi connectivity index (χ1) is 13.6. The number of rotatable bonds is 2. The number of phenolic OH excluding ortho intramolecular Hbond substituents is 1. The molecule has 5 rings (SSSR count). The number of Topliss-reactive ketones (excluding diaryl/α,β-unsaturated/α-hetero) is 1. The lowest BCUT2D eigenvalue weighted by Crippen LogP contribution is -2.48. The number of phenols is 1. The zero-order chi connectivity index (χ0) is 19.3. The van der Waals surface area contributed by atoms with Gasteiger partial charge in [-0.25, -0.2) is 4.68 Å². The number of halogens is 1. The molecule has 142 valence electrons. The van der Waals surface area contributed by atoms with E-state index in [4.69, 9.17) is 16.7 Å². The summed E-state index contributed by atoms with van der Waals surface area (Å²) in [4.78, 5) is 17.5. The number of fused-ring (bicyclic) bond motifs is 2. The van der Waals surface area contributed by atoms with E-state index in [0.29, 0.717) is 23.2 Å². The highest BCUT2D eigenvalue weighted by Crippen LogP contribution is 2.42. The van der Waals surface area contributed by atoms with E-state index in [1.165, 1.54) is 0 Å². The van der Waals surface area contributed by atoms with Crippen molar-refractivity contribution < 1.29 is 9.90 Å². The Morgan fingerprint density at radius 2 is 2.04 bits per heavy atom. The Kier molecular flexibility index (Phi) is 4.09. The molecule has 0 saturated heterocycles. The van der Waals surface area contributed by atoms with Crippen LogP contribution in [0.5, 0.6) is 5.75 Å². The number of aromatic hydroxyl groups is 1. The Hall–Kier alpha value is -2.86. The van der Waals surface area contributed by atoms with E-state index in [1.807, 2.05) is 30.3 Å². The number of hydrogen-bond acceptors (Lipinski definition) is 5. The number of carbonyl (C=O) groups is 1. The highest BCUT2D eigenvalue weighted by atomic mass is 35.5. The van der Waals surface area contributed by atoms with Gasteiger partial charge in [0.2, 0.25) is 5.95 Å². The monoisotopic (exact) mass is 394 g/mol. The van der Waals surface area contributed by atoms with Gasteiger partial charge in [-0.3, -0.25) is 4.79 Å². The van der Waals surface area contributed by atoms with Gasteiger partial charge in [-0.15, -0.1) is 5.10 Å². The Bertz CT molecular complexity index is 1060. The van der Waals surface area contributed by atoms with Crippen LogP contribution in [0.15, 0.2) is 48.5 Å². The van der Waals surface area contributed by atoms with Gasteiger partial charge in [0.25, 0.3) is 0 Å². The summed E-state index contributed by atoms with van der Waals surface area (Å²) in [6.45, 7) is 0. The van der Waals surface area contributed by atoms with Gasteiger partial charge in [-0.05, 0) is 42.7 Å². The average Bonchev–Trinajstić information content (AvgIpc) is 3.10. The number of nitrogens with one attached hydrogen (secondary N) is 1. The van der Waals surface area contributed by atoms with Crippen LogP contribution in [0.2, 0.25) is 5.02 Å². The molecule has 2 heterocycles. The van der Waals surface area contributed by atoms with E-state index >= 15 is 0 Å². The second-order valence-corrected chi connectivity index (χ2v) is 7.83. The third kappa shape index (κ3) is 2.85. The lowest BCUT2D eigenvalue weighted by atomic mass is 9.75. The van der Waals surface area contributed by atoms with E-state index in [1.54, 1.807) is 22.9 Å². The summed E-state index contributed by atoms with van der Waals surface area (Å²) in [5.41, 5.74) is 1.68. The molecule has 1 saturated carbocycles. The number of benzene rings is 2. The molecule has 1 aliphatic heterocycles. The molecule has 6 nitrogen and oxygen atoms in total. The molecule has 2 aromatic carbocycles. The second-order valence-electron chi connectivity index (χ2n) is 7.39. The molecule has 0 bridgehead atoms. The van der Waals surface area contributed by atoms with Crippen molar-refractivity contribution in [1.82, 2.24) is 14.8 Å². The first-order valence-corrected chi connectivity index (χ1v) is 9.78. The molecule has 0 unspecified atom stereocenters. The SMILES string of the molecule is O=C1CCC[C@@H]2Nc3nc(-c4cccc(Cl)c4)nn3[C@H](c3cccc(O)c3)[C@H]12. The lowest BCUT2D eigenvalue weighted by Gasteiger charge is -2.41. The molecule has 3 atom stereocenters. The maximum Gasteiger partial charge on any atom is 0.222 e. The molecule has 0 amide bonds. The fourth-order valence-corrected chi connectivity index (χ4v) is 4.56. The molecule has 1 aliphatic carbocycles. The molecule has 28 heavy (non-hydrogen) atoms. The topological polar surface area (TPSA) is 80.0 Å². The zero-order valence-corrected chi connectivity index (χ0v) is 15.8. The van der Waals surface area contributed by atoms with Crippen LogP contribution in [0.4, 0.5) is 5.95 Å². The second kappa shape index (κ2) is 6.63. The lowest BCUT2D eigenvalue weighted by molar-refractivity contribution is -0.126. The quantitative estimate of drug-likeness (QED) is 0.685. The highest BCUT2D eigenvalue weighted by molar-refractivity contribution is 6.30. The van der Waals surface area contributed by atoms with Crippen LogP contribution in [-0.4, -0.2) is 31.7 Å². The van der Waals surface area contributed by atoms with Crippen molar-refractivity contribution in [2.45, 2.75) is 31.3 Å². The molecular weight excluding hydrogens is 376 g/mol. The van der Waals surface area contributed by atoms with E-state index in [2.05, 4.69) is 10.3 Å². The van der Waals surface area contributed by atoms with Crippen LogP contribution >= 0.6 is 11.6 Å². The summed E-state index contributed by atoms with van der Waals surface area (Å²) in [5.74, 6) is 1.35. The first kappa shape index (κ1) is 17.3. The van der Waals surface area contributed by atoms with Gasteiger partial charge in [-0.1, -0.05) is 35.9 Å². The normalized spacial score (nSPS) is 23.6. The predicted molar refractivity (Wildman–Crippen MR) is 106 cm³/mol. The van der Waals surface area contributed by atoms with Crippen LogP contribution in [0.25, 0.3) is 11.4 Å². The number of nitrogens with zero attached hydrogens (tertiary/aromatic N) is 3. The van der Waals surface area contributed by atoms with Gasteiger partial charge in [-0.2, -0.15) is 4.98 Å². The van der Waals surface area contributed by atoms with Crippen LogP contribution in [0.1, 0.15) is 30.9 Å². The van der Waals surface area contributed by atoms with Crippen LogP contribution in [0, 0.1) is 5.92 Å². The summed E-state index contributed by atoms with van der Waals surface area (Å²) in [5, 5.41) is 18.8. The summed E-state index contributed by atoms with van der Waals surface area (Å²) in [6, 6.07) is 14.2. The Labute approximate surface area is 167 Å². The maximum atomic E-state index is 12.8. The highest BCUT2D eigenvalue weighted by Gasteiger charge is 2.45. The van der Waals surface area contributed by atoms with E-state index in [0.717, 1.165) is 24.0 Å². The number of aromatic nitrogens is 3. The van der Waals surface area contributed by atoms with Crippen molar-refractivity contribution in [2.24, 2.45) is 5.92 Å². The molecule has 0 radical (unpaired) electrons. The Morgan fingerprint density at radius 1 is 1.18 bits per heavy atom. The number of carbonyl (C=O) groups excluding carboxylic acids is 1. The third-order valence-corrected chi connectivity index (χ3v) is 5.82. The van der Waals surface area contributed by atoms with Gasteiger partial charge >= 0.3 is 0 Å². The zero-order valence-electron chi connectivity index (χ0n) is 15.0. The summed E-state index contributed by atoms with van der Waals surface area (Å²) in [6.07, 6.45) is 2.35. The van der Waals surface area contributed by atoms with Gasteiger partial charge in [0, 0.05) is 23.0 Å². The van der Waals surface area contributed by atoms with Gasteiger partial charge in [0.15, 0.2) is 5.82 Å². The molecule has 0 spiro atoms. The minimum Gasteiger partial charge on any atom is -0.508 e. The van der Waals surface area contributed by atoms with Crippen molar-refractivity contribution in [2.75, 3.05) is 5.32 Å². The Morgan fingerprint density at radius 3 is 2.86 bits per heavy atom. The Balaban J connectivity index is 1.66. The molecule has 3 aromatic rings. The van der Waals surface area contributed by atoms with Crippen molar-refractivity contribution in [1.29, 1.82) is 0 Å². The summed E-state index contributed by atoms with van der Waals surface area (Å²) >= 11 is 6.13. The molecule has 2 N–H and O–H groups in total. The molecular formula is C21H19ClN4O2. The standard InChI is InChI=1S/C21H19ClN4O2/c22-14-6-1-5-13(10-14)20-24-21-23-16-8-3-9-17(28)18(16)19(26(21)25-20)12-4-2-7-15(27)11-12/h1-2,4-7,10-11,16,18-19,27H,3,8-9H2,(H,23,24,25)/t16-,18-,19+/m0/s1. The first-order valence-electron chi connectivity index (χ1n) is 9.41. The summed E-state index contributed by atoms with van der Waals surface area (Å²) < 4.78 is 1.79. The van der Waals surface area contributed by atoms with Crippen molar-refractivity contribution >= 4 is 23.3 Å². The van der Waals surface area contributed by atoms with Crippen molar-refractivity contribution in [3.05, 3.63) is 59.1 Å². The minimum atomic E-state index is -0.304. The van der Waals surface area contributed by atoms with Gasteiger partial charge < -0.3 is 10.4 Å². The molecule has 2 aliphatic rings. The van der Waals surface area contributed by atoms with Gasteiger partial charge in [0.1, 0.15) is 11.5 Å². The number of anilines is 1. The number of hydrogen-bond donors (Lipinski definition) is 2. The van der Waals surface area contributed by atoms with E-state index < -0.39 is 0 Å². The van der Waals surface area contributed by atoms with Gasteiger partial charge in [0.05, 0.1) is 12.0 Å². The molecule has 1 aromatic heterocycles. The van der Waals surface area contributed by atoms with Crippen LogP contribution in [0.3, 0.4) is 0 Å². The van der Waals surface area contributed by atoms with Crippen molar-refractivity contribution in [3.8, 4) is 17.1 Å². The fraction of sp³-hybridized carbons (Fsp3) is 0.286. The number of ketones is 1. The van der Waals surface area contributed by atoms with Crippen LogP contribution in [-0.2, 0) is 4.79 Å².